The van der Waals surface area contributed by atoms with Crippen LogP contribution in [-0.2, 0) is 4.74 Å². The van der Waals surface area contributed by atoms with Crippen molar-refractivity contribution in [2.45, 2.75) is 52.8 Å². The number of hydrogen-bond donors (Lipinski definition) is 0. The van der Waals surface area contributed by atoms with Gasteiger partial charge in [0.1, 0.15) is 8.07 Å². The maximum Gasteiger partial charge on any atom is 0.338 e. The highest BCUT2D eigenvalue weighted by Crippen LogP contribution is 2.19. The van der Waals surface area contributed by atoms with Crippen LogP contribution in [0.2, 0.25) is 18.1 Å². The number of carbonyl (C=O) groups is 1. The zero-order valence-electron chi connectivity index (χ0n) is 13.9. The van der Waals surface area contributed by atoms with E-state index in [0.717, 1.165) is 11.1 Å². The molecule has 0 N–H and O–H groups in total. The quantitative estimate of drug-likeness (QED) is 0.452. The van der Waals surface area contributed by atoms with Crippen LogP contribution in [0.4, 0.5) is 0 Å². The van der Waals surface area contributed by atoms with Gasteiger partial charge < -0.3 is 4.74 Å². The summed E-state index contributed by atoms with van der Waals surface area (Å²) in [6.45, 7) is 11.0. The number of rotatable bonds is 5. The van der Waals surface area contributed by atoms with Crippen LogP contribution in [0.5, 0.6) is 0 Å². The van der Waals surface area contributed by atoms with E-state index in [0.29, 0.717) is 12.2 Å². The average molecular weight is 302 g/mol. The summed E-state index contributed by atoms with van der Waals surface area (Å²) in [5.74, 6) is 3.10. The third kappa shape index (κ3) is 4.47. The Morgan fingerprint density at radius 3 is 2.24 bits per heavy atom. The van der Waals surface area contributed by atoms with E-state index in [1.165, 1.54) is 18.1 Å². The molecule has 1 aromatic rings. The number of benzene rings is 1. The number of hydrogen-bond acceptors (Lipinski definition) is 2. The fraction of sp³-hybridized carbons (Fsp3) is 0.500. The van der Waals surface area contributed by atoms with Crippen molar-refractivity contribution in [2.24, 2.45) is 0 Å². The van der Waals surface area contributed by atoms with E-state index < -0.39 is 8.07 Å². The predicted molar refractivity (Wildman–Crippen MR) is 91.2 cm³/mol. The van der Waals surface area contributed by atoms with Crippen molar-refractivity contribution in [3.63, 3.8) is 0 Å². The van der Waals surface area contributed by atoms with Gasteiger partial charge in [0.2, 0.25) is 0 Å². The lowest BCUT2D eigenvalue weighted by Crippen LogP contribution is -2.29. The van der Waals surface area contributed by atoms with Gasteiger partial charge in [-0.2, -0.15) is 0 Å². The van der Waals surface area contributed by atoms with Crippen molar-refractivity contribution in [2.75, 3.05) is 6.61 Å². The summed E-state index contributed by atoms with van der Waals surface area (Å²) in [5.41, 5.74) is 6.25. The third-order valence-corrected chi connectivity index (χ3v) is 8.95. The first-order valence-electron chi connectivity index (χ1n) is 7.82. The minimum atomic E-state index is -1.42. The van der Waals surface area contributed by atoms with Crippen molar-refractivity contribution in [1.29, 1.82) is 0 Å². The monoisotopic (exact) mass is 302 g/mol. The lowest BCUT2D eigenvalue weighted by atomic mass is 10.1. The van der Waals surface area contributed by atoms with Gasteiger partial charge in [-0.1, -0.05) is 26.7 Å². The van der Waals surface area contributed by atoms with Crippen molar-refractivity contribution in [1.82, 2.24) is 0 Å². The molecule has 21 heavy (non-hydrogen) atoms. The number of ether oxygens (including phenoxy) is 1. The molecule has 114 valence electrons. The molecule has 0 aliphatic rings. The second-order valence-electron chi connectivity index (χ2n) is 5.34. The summed E-state index contributed by atoms with van der Waals surface area (Å²) in [4.78, 5) is 11.7. The topological polar surface area (TPSA) is 26.3 Å². The number of aryl methyl sites for hydroxylation is 1. The van der Waals surface area contributed by atoms with Crippen LogP contribution in [0.1, 0.15) is 49.2 Å². The normalized spacial score (nSPS) is 10.7. The maximum atomic E-state index is 11.7. The predicted octanol–water partition coefficient (Wildman–Crippen LogP) is 4.57. The molecule has 0 atom stereocenters. The van der Waals surface area contributed by atoms with Gasteiger partial charge in [0, 0.05) is 5.56 Å². The van der Waals surface area contributed by atoms with Gasteiger partial charge in [0.15, 0.2) is 0 Å². The standard InChI is InChI=1S/C18H26O2Si/c1-6-20-18(19)17-11-10-16(15(5)14-17)12-13-21(7-2,8-3)9-4/h10-11,14H,6-9H2,1-5H3. The summed E-state index contributed by atoms with van der Waals surface area (Å²) in [6, 6.07) is 9.22. The van der Waals surface area contributed by atoms with Gasteiger partial charge >= 0.3 is 5.97 Å². The molecule has 2 nitrogen and oxygen atoms in total. The van der Waals surface area contributed by atoms with E-state index in [-0.39, 0.29) is 5.97 Å². The lowest BCUT2D eigenvalue weighted by Gasteiger charge is -2.20. The highest BCUT2D eigenvalue weighted by atomic mass is 28.3. The average Bonchev–Trinajstić information content (AvgIpc) is 2.50. The molecule has 0 unspecified atom stereocenters. The highest BCUT2D eigenvalue weighted by molar-refractivity contribution is 6.87. The molecule has 0 radical (unpaired) electrons. The second kappa shape index (κ2) is 8.04. The van der Waals surface area contributed by atoms with Crippen molar-refractivity contribution in [3.05, 3.63) is 34.9 Å². The van der Waals surface area contributed by atoms with Crippen LogP contribution in [0.15, 0.2) is 18.2 Å². The molecule has 0 fully saturated rings. The van der Waals surface area contributed by atoms with E-state index >= 15 is 0 Å². The smallest absolute Gasteiger partial charge is 0.338 e. The van der Waals surface area contributed by atoms with E-state index in [9.17, 15) is 4.79 Å². The molecular weight excluding hydrogens is 276 g/mol. The van der Waals surface area contributed by atoms with E-state index in [1.54, 1.807) is 0 Å². The Kier molecular flexibility index (Phi) is 6.71. The molecule has 0 bridgehead atoms. The summed E-state index contributed by atoms with van der Waals surface area (Å²) in [7, 11) is -1.42. The zero-order chi connectivity index (χ0) is 15.9. The zero-order valence-corrected chi connectivity index (χ0v) is 14.9. The van der Waals surface area contributed by atoms with Gasteiger partial charge in [-0.3, -0.25) is 0 Å². The van der Waals surface area contributed by atoms with Crippen molar-refractivity contribution >= 4 is 14.0 Å². The maximum absolute atomic E-state index is 11.7. The van der Waals surface area contributed by atoms with Gasteiger partial charge in [-0.15, -0.1) is 5.54 Å². The van der Waals surface area contributed by atoms with Crippen molar-refractivity contribution in [3.8, 4) is 11.5 Å². The molecular formula is C18H26O2Si. The van der Waals surface area contributed by atoms with Gasteiger partial charge in [0.05, 0.1) is 12.2 Å². The van der Waals surface area contributed by atoms with Crippen LogP contribution >= 0.6 is 0 Å². The fourth-order valence-corrected chi connectivity index (χ4v) is 4.79. The Morgan fingerprint density at radius 1 is 1.14 bits per heavy atom. The molecule has 0 aliphatic heterocycles. The summed E-state index contributed by atoms with van der Waals surface area (Å²) in [5, 5.41) is 0. The van der Waals surface area contributed by atoms with Gasteiger partial charge in [-0.25, -0.2) is 4.79 Å². The Labute approximate surface area is 129 Å². The van der Waals surface area contributed by atoms with E-state index in [2.05, 4.69) is 32.2 Å². The molecule has 0 aliphatic carbocycles. The number of esters is 1. The molecule has 0 saturated carbocycles. The first kappa shape index (κ1) is 17.5. The number of carbonyl (C=O) groups excluding carboxylic acids is 1. The minimum Gasteiger partial charge on any atom is -0.462 e. The molecule has 0 spiro atoms. The van der Waals surface area contributed by atoms with Crippen LogP contribution in [0, 0.1) is 18.4 Å². The highest BCUT2D eigenvalue weighted by Gasteiger charge is 2.24. The van der Waals surface area contributed by atoms with E-state index in [4.69, 9.17) is 4.74 Å². The Balaban J connectivity index is 3.04. The van der Waals surface area contributed by atoms with E-state index in [1.807, 2.05) is 32.0 Å². The first-order chi connectivity index (χ1) is 10.0. The Hall–Kier alpha value is -1.53. The Bertz CT molecular complexity index is 540. The molecule has 1 rings (SSSR count). The lowest BCUT2D eigenvalue weighted by molar-refractivity contribution is 0.0526. The summed E-state index contributed by atoms with van der Waals surface area (Å²) in [6.07, 6.45) is 0. The molecule has 1 aromatic carbocycles. The molecule has 0 aromatic heterocycles. The second-order valence-corrected chi connectivity index (χ2v) is 10.3. The third-order valence-electron chi connectivity index (χ3n) is 4.23. The van der Waals surface area contributed by atoms with Crippen molar-refractivity contribution < 1.29 is 9.53 Å². The fourth-order valence-electron chi connectivity index (χ4n) is 2.36. The first-order valence-corrected chi connectivity index (χ1v) is 10.4. The van der Waals surface area contributed by atoms with Crippen LogP contribution < -0.4 is 0 Å². The minimum absolute atomic E-state index is 0.264. The SMILES string of the molecule is CCOC(=O)c1ccc(C#C[Si](CC)(CC)CC)c(C)c1. The van der Waals surface area contributed by atoms with Crippen LogP contribution in [-0.4, -0.2) is 20.7 Å². The Morgan fingerprint density at radius 2 is 1.76 bits per heavy atom. The largest absolute Gasteiger partial charge is 0.462 e. The molecule has 0 heterocycles. The molecule has 0 amide bonds. The molecule has 0 saturated heterocycles. The van der Waals surface area contributed by atoms with Crippen LogP contribution in [0.3, 0.4) is 0 Å². The molecule has 3 heteroatoms. The van der Waals surface area contributed by atoms with Gasteiger partial charge in [0.25, 0.3) is 0 Å². The summed E-state index contributed by atoms with van der Waals surface area (Å²) < 4.78 is 5.02. The van der Waals surface area contributed by atoms with Gasteiger partial charge in [-0.05, 0) is 55.7 Å². The summed E-state index contributed by atoms with van der Waals surface area (Å²) >= 11 is 0. The van der Waals surface area contributed by atoms with Crippen LogP contribution in [0.25, 0.3) is 0 Å².